The van der Waals surface area contributed by atoms with E-state index in [0.717, 1.165) is 28.9 Å². The fraction of sp³-hybridized carbons (Fsp3) is 0.588. The average Bonchev–Trinajstić information content (AvgIpc) is 2.46. The summed E-state index contributed by atoms with van der Waals surface area (Å²) in [5, 5.41) is 3.01. The zero-order valence-corrected chi connectivity index (χ0v) is 13.8. The molecule has 0 radical (unpaired) electrons. The quantitative estimate of drug-likeness (QED) is 0.875. The van der Waals surface area contributed by atoms with Gasteiger partial charge in [-0.15, -0.1) is 0 Å². The molecule has 0 spiro atoms. The van der Waals surface area contributed by atoms with Crippen LogP contribution in [0.25, 0.3) is 0 Å². The zero-order chi connectivity index (χ0) is 16.3. The number of carbonyl (C=O) groups is 1. The highest BCUT2D eigenvalue weighted by molar-refractivity contribution is 5.78. The Labute approximate surface area is 132 Å². The number of rotatable bonds is 5. The minimum atomic E-state index is -0.114. The molecule has 1 amide bonds. The number of methoxy groups -OCH3 is 1. The van der Waals surface area contributed by atoms with Crippen LogP contribution < -0.4 is 15.8 Å². The fourth-order valence-electron chi connectivity index (χ4n) is 2.81. The summed E-state index contributed by atoms with van der Waals surface area (Å²) in [4.78, 5) is 11.8. The largest absolute Gasteiger partial charge is 0.493 e. The van der Waals surface area contributed by atoms with E-state index in [1.165, 1.54) is 7.11 Å². The van der Waals surface area contributed by atoms with Crippen LogP contribution in [0.15, 0.2) is 12.1 Å². The van der Waals surface area contributed by atoms with Gasteiger partial charge in [0.05, 0.1) is 12.6 Å². The van der Waals surface area contributed by atoms with E-state index in [0.29, 0.717) is 12.5 Å². The molecule has 3 N–H and O–H groups in total. The molecule has 5 heteroatoms. The van der Waals surface area contributed by atoms with Crippen molar-refractivity contribution in [1.29, 1.82) is 0 Å². The van der Waals surface area contributed by atoms with Crippen molar-refractivity contribution in [2.75, 3.05) is 20.3 Å². The molecule has 1 aromatic carbocycles. The van der Waals surface area contributed by atoms with Gasteiger partial charge in [-0.1, -0.05) is 31.5 Å². The second kappa shape index (κ2) is 7.11. The molecule has 122 valence electrons. The minimum absolute atomic E-state index is 0.0515. The summed E-state index contributed by atoms with van der Waals surface area (Å²) in [6.45, 7) is 6.88. The molecule has 1 aliphatic rings. The van der Waals surface area contributed by atoms with E-state index in [-0.39, 0.29) is 24.6 Å². The lowest BCUT2D eigenvalue weighted by Gasteiger charge is -2.31. The van der Waals surface area contributed by atoms with Gasteiger partial charge in [0.25, 0.3) is 0 Å². The van der Waals surface area contributed by atoms with Gasteiger partial charge in [-0.05, 0) is 12.8 Å². The van der Waals surface area contributed by atoms with E-state index >= 15 is 0 Å². The standard InChI is InChI=1S/C17H26N2O3/c1-10(2)16(18)13-8-11(3)7-12-14(5-6-22-17(12)13)19-15(20)9-21-4/h7-8,10,14,16H,5-6,9,18H2,1-4H3,(H,19,20). The summed E-state index contributed by atoms with van der Waals surface area (Å²) in [6, 6.07) is 4.03. The Balaban J connectivity index is 2.36. The highest BCUT2D eigenvalue weighted by Crippen LogP contribution is 2.39. The molecule has 0 aliphatic carbocycles. The molecule has 2 atom stereocenters. The predicted octanol–water partition coefficient (Wildman–Crippen LogP) is 2.24. The first kappa shape index (κ1) is 16.8. The van der Waals surface area contributed by atoms with Gasteiger partial charge in [-0.3, -0.25) is 4.79 Å². The lowest BCUT2D eigenvalue weighted by atomic mass is 9.89. The summed E-state index contributed by atoms with van der Waals surface area (Å²) in [5.41, 5.74) is 9.50. The smallest absolute Gasteiger partial charge is 0.246 e. The van der Waals surface area contributed by atoms with Crippen molar-refractivity contribution in [3.63, 3.8) is 0 Å². The van der Waals surface area contributed by atoms with Crippen LogP contribution in [0.1, 0.15) is 49.0 Å². The maximum absolute atomic E-state index is 11.8. The molecular formula is C17H26N2O3. The Morgan fingerprint density at radius 2 is 2.23 bits per heavy atom. The fourth-order valence-corrected chi connectivity index (χ4v) is 2.81. The SMILES string of the molecule is COCC(=O)NC1CCOc2c1cc(C)cc2C(N)C(C)C. The molecule has 1 heterocycles. The topological polar surface area (TPSA) is 73.6 Å². The molecule has 0 aromatic heterocycles. The molecule has 22 heavy (non-hydrogen) atoms. The summed E-state index contributed by atoms with van der Waals surface area (Å²) in [7, 11) is 1.52. The highest BCUT2D eigenvalue weighted by atomic mass is 16.5. The number of benzene rings is 1. The van der Waals surface area contributed by atoms with E-state index in [9.17, 15) is 4.79 Å². The third kappa shape index (κ3) is 3.59. The Kier molecular flexibility index (Phi) is 5.42. The number of carbonyl (C=O) groups excluding carboxylic acids is 1. The number of aryl methyl sites for hydroxylation is 1. The number of fused-ring (bicyclic) bond motifs is 1. The molecule has 0 saturated carbocycles. The van der Waals surface area contributed by atoms with E-state index < -0.39 is 0 Å². The van der Waals surface area contributed by atoms with Crippen molar-refractivity contribution >= 4 is 5.91 Å². The molecular weight excluding hydrogens is 280 g/mol. The predicted molar refractivity (Wildman–Crippen MR) is 85.8 cm³/mol. The summed E-state index contributed by atoms with van der Waals surface area (Å²) >= 11 is 0. The number of nitrogens with one attached hydrogen (secondary N) is 1. The number of ether oxygens (including phenoxy) is 2. The van der Waals surface area contributed by atoms with Gasteiger partial charge < -0.3 is 20.5 Å². The second-order valence-electron chi connectivity index (χ2n) is 6.23. The number of hydrogen-bond acceptors (Lipinski definition) is 4. The minimum Gasteiger partial charge on any atom is -0.493 e. The van der Waals surface area contributed by atoms with Crippen LogP contribution in [0.4, 0.5) is 0 Å². The van der Waals surface area contributed by atoms with E-state index in [1.54, 1.807) is 0 Å². The Hall–Kier alpha value is -1.59. The first-order chi connectivity index (χ1) is 10.4. The average molecular weight is 306 g/mol. The highest BCUT2D eigenvalue weighted by Gasteiger charge is 2.28. The third-order valence-electron chi connectivity index (χ3n) is 4.01. The van der Waals surface area contributed by atoms with Crippen molar-refractivity contribution in [3.05, 3.63) is 28.8 Å². The second-order valence-corrected chi connectivity index (χ2v) is 6.23. The van der Waals surface area contributed by atoms with E-state index in [2.05, 4.69) is 31.3 Å². The van der Waals surface area contributed by atoms with Crippen LogP contribution in [0.3, 0.4) is 0 Å². The third-order valence-corrected chi connectivity index (χ3v) is 4.01. The van der Waals surface area contributed by atoms with Gasteiger partial charge in [-0.25, -0.2) is 0 Å². The van der Waals surface area contributed by atoms with Crippen molar-refractivity contribution in [3.8, 4) is 5.75 Å². The van der Waals surface area contributed by atoms with Crippen LogP contribution in [0, 0.1) is 12.8 Å². The van der Waals surface area contributed by atoms with Gasteiger partial charge >= 0.3 is 0 Å². The monoisotopic (exact) mass is 306 g/mol. The van der Waals surface area contributed by atoms with Crippen LogP contribution in [0.2, 0.25) is 0 Å². The van der Waals surface area contributed by atoms with Crippen molar-refractivity contribution in [1.82, 2.24) is 5.32 Å². The first-order valence-corrected chi connectivity index (χ1v) is 7.75. The molecule has 1 aromatic rings. The van der Waals surface area contributed by atoms with Crippen LogP contribution >= 0.6 is 0 Å². The van der Waals surface area contributed by atoms with Gasteiger partial charge in [-0.2, -0.15) is 0 Å². The van der Waals surface area contributed by atoms with E-state index in [1.807, 2.05) is 6.92 Å². The number of nitrogens with two attached hydrogens (primary N) is 1. The Morgan fingerprint density at radius 3 is 2.86 bits per heavy atom. The molecule has 0 saturated heterocycles. The Bertz CT molecular complexity index is 543. The van der Waals surface area contributed by atoms with Crippen molar-refractivity contribution in [2.24, 2.45) is 11.7 Å². The maximum Gasteiger partial charge on any atom is 0.246 e. The maximum atomic E-state index is 11.8. The van der Waals surface area contributed by atoms with Crippen LogP contribution in [-0.2, 0) is 9.53 Å². The Morgan fingerprint density at radius 1 is 1.50 bits per heavy atom. The molecule has 0 bridgehead atoms. The van der Waals surface area contributed by atoms with Crippen molar-refractivity contribution < 1.29 is 14.3 Å². The molecule has 1 aliphatic heterocycles. The molecule has 5 nitrogen and oxygen atoms in total. The lowest BCUT2D eigenvalue weighted by molar-refractivity contribution is -0.125. The van der Waals surface area contributed by atoms with Gasteiger partial charge in [0.2, 0.25) is 5.91 Å². The summed E-state index contributed by atoms with van der Waals surface area (Å²) < 4.78 is 10.8. The molecule has 0 fully saturated rings. The zero-order valence-electron chi connectivity index (χ0n) is 13.8. The van der Waals surface area contributed by atoms with Crippen LogP contribution in [-0.4, -0.2) is 26.2 Å². The number of hydrogen-bond donors (Lipinski definition) is 2. The van der Waals surface area contributed by atoms with Crippen molar-refractivity contribution in [2.45, 2.75) is 39.3 Å². The van der Waals surface area contributed by atoms with Gasteiger partial charge in [0.1, 0.15) is 12.4 Å². The van der Waals surface area contributed by atoms with Gasteiger partial charge in [0.15, 0.2) is 0 Å². The number of amides is 1. The molecule has 2 unspecified atom stereocenters. The summed E-state index contributed by atoms with van der Waals surface area (Å²) in [5.74, 6) is 1.04. The van der Waals surface area contributed by atoms with Gasteiger partial charge in [0, 0.05) is 30.7 Å². The molecule has 2 rings (SSSR count). The van der Waals surface area contributed by atoms with E-state index in [4.69, 9.17) is 15.2 Å². The van der Waals surface area contributed by atoms with Crippen LogP contribution in [0.5, 0.6) is 5.75 Å². The lowest BCUT2D eigenvalue weighted by Crippen LogP contribution is -2.35. The summed E-state index contributed by atoms with van der Waals surface area (Å²) in [6.07, 6.45) is 0.752. The first-order valence-electron chi connectivity index (χ1n) is 7.75. The normalized spacial score (nSPS) is 18.5.